The molecule has 0 radical (unpaired) electrons. The first-order chi connectivity index (χ1) is 13.1. The molecule has 1 aromatic carbocycles. The Hall–Kier alpha value is -1.39. The standard InChI is InChI=1S/C23H37N3O/c1-19-15-20(2)17-26(16-19)12-6-11-24-23(27)22-9-13-25(14-10-22)18-21-7-4-3-5-8-21/h3-5,7-8,19-20,22H,6,9-18H2,1-2H3,(H,24,27)/t19-,20+. The minimum absolute atomic E-state index is 0.201. The van der Waals surface area contributed by atoms with Gasteiger partial charge in [-0.25, -0.2) is 0 Å². The smallest absolute Gasteiger partial charge is 0.223 e. The van der Waals surface area contributed by atoms with Crippen LogP contribution in [0.3, 0.4) is 0 Å². The van der Waals surface area contributed by atoms with Crippen molar-refractivity contribution in [3.05, 3.63) is 35.9 Å². The molecule has 0 bridgehead atoms. The molecule has 4 nitrogen and oxygen atoms in total. The maximum atomic E-state index is 12.5. The van der Waals surface area contributed by atoms with Gasteiger partial charge in [0.15, 0.2) is 0 Å². The lowest BCUT2D eigenvalue weighted by Gasteiger charge is -2.35. The summed E-state index contributed by atoms with van der Waals surface area (Å²) >= 11 is 0. The molecule has 2 aliphatic heterocycles. The Balaban J connectivity index is 1.29. The molecule has 0 saturated carbocycles. The third-order valence-corrected chi connectivity index (χ3v) is 6.10. The minimum Gasteiger partial charge on any atom is -0.356 e. The summed E-state index contributed by atoms with van der Waals surface area (Å²) in [7, 11) is 0. The molecule has 150 valence electrons. The lowest BCUT2D eigenvalue weighted by atomic mass is 9.92. The number of piperidine rings is 2. The molecule has 3 rings (SSSR count). The van der Waals surface area contributed by atoms with E-state index in [0.717, 1.165) is 63.8 Å². The van der Waals surface area contributed by atoms with Crippen LogP contribution >= 0.6 is 0 Å². The van der Waals surface area contributed by atoms with Crippen LogP contribution in [0.5, 0.6) is 0 Å². The Morgan fingerprint density at radius 1 is 1.04 bits per heavy atom. The Labute approximate surface area is 165 Å². The van der Waals surface area contributed by atoms with E-state index in [1.165, 1.54) is 25.1 Å². The molecule has 2 fully saturated rings. The van der Waals surface area contributed by atoms with Gasteiger partial charge in [-0.2, -0.15) is 0 Å². The van der Waals surface area contributed by atoms with Crippen molar-refractivity contribution in [3.63, 3.8) is 0 Å². The van der Waals surface area contributed by atoms with Crippen molar-refractivity contribution in [2.45, 2.75) is 46.1 Å². The monoisotopic (exact) mass is 371 g/mol. The molecule has 2 aliphatic rings. The second-order valence-corrected chi connectivity index (χ2v) is 8.89. The molecule has 2 heterocycles. The van der Waals surface area contributed by atoms with E-state index in [2.05, 4.69) is 59.3 Å². The minimum atomic E-state index is 0.201. The van der Waals surface area contributed by atoms with Gasteiger partial charge in [0.1, 0.15) is 0 Å². The van der Waals surface area contributed by atoms with Crippen molar-refractivity contribution in [2.75, 3.05) is 39.3 Å². The van der Waals surface area contributed by atoms with Crippen molar-refractivity contribution < 1.29 is 4.79 Å². The van der Waals surface area contributed by atoms with Crippen molar-refractivity contribution in [1.29, 1.82) is 0 Å². The molecule has 4 heteroatoms. The van der Waals surface area contributed by atoms with Gasteiger partial charge in [0, 0.05) is 32.1 Å². The van der Waals surface area contributed by atoms with Gasteiger partial charge in [0.25, 0.3) is 0 Å². The molecular weight excluding hydrogens is 334 g/mol. The summed E-state index contributed by atoms with van der Waals surface area (Å²) in [6.07, 6.45) is 4.40. The molecule has 2 atom stereocenters. The van der Waals surface area contributed by atoms with Gasteiger partial charge in [-0.3, -0.25) is 9.69 Å². The Morgan fingerprint density at radius 2 is 1.70 bits per heavy atom. The maximum absolute atomic E-state index is 12.5. The molecule has 2 saturated heterocycles. The topological polar surface area (TPSA) is 35.6 Å². The van der Waals surface area contributed by atoms with E-state index in [-0.39, 0.29) is 11.8 Å². The van der Waals surface area contributed by atoms with Crippen molar-refractivity contribution in [1.82, 2.24) is 15.1 Å². The second kappa shape index (κ2) is 10.2. The molecule has 0 aromatic heterocycles. The number of hydrogen-bond donors (Lipinski definition) is 1. The summed E-state index contributed by atoms with van der Waals surface area (Å²) in [5, 5.41) is 3.19. The van der Waals surface area contributed by atoms with E-state index in [9.17, 15) is 4.79 Å². The van der Waals surface area contributed by atoms with Gasteiger partial charge in [-0.05, 0) is 62.7 Å². The predicted octanol–water partition coefficient (Wildman–Crippen LogP) is 3.38. The van der Waals surface area contributed by atoms with Gasteiger partial charge in [-0.15, -0.1) is 0 Å². The number of amides is 1. The number of hydrogen-bond acceptors (Lipinski definition) is 3. The lowest BCUT2D eigenvalue weighted by molar-refractivity contribution is -0.126. The highest BCUT2D eigenvalue weighted by atomic mass is 16.1. The molecule has 1 N–H and O–H groups in total. The normalized spacial score (nSPS) is 25.4. The molecule has 1 aromatic rings. The van der Waals surface area contributed by atoms with Crippen molar-refractivity contribution in [2.24, 2.45) is 17.8 Å². The number of likely N-dealkylation sites (tertiary alicyclic amines) is 2. The summed E-state index contributed by atoms with van der Waals surface area (Å²) in [6, 6.07) is 10.6. The van der Waals surface area contributed by atoms with Gasteiger partial charge >= 0.3 is 0 Å². The largest absolute Gasteiger partial charge is 0.356 e. The SMILES string of the molecule is C[C@@H]1C[C@H](C)CN(CCCNC(=O)C2CCN(Cc3ccccc3)CC2)C1. The molecule has 27 heavy (non-hydrogen) atoms. The fraction of sp³-hybridized carbons (Fsp3) is 0.696. The van der Waals surface area contributed by atoms with E-state index in [1.54, 1.807) is 0 Å². The Bertz CT molecular complexity index is 558. The third kappa shape index (κ3) is 6.62. The highest BCUT2D eigenvalue weighted by molar-refractivity contribution is 5.78. The Kier molecular flexibility index (Phi) is 7.71. The van der Waals surface area contributed by atoms with E-state index >= 15 is 0 Å². The maximum Gasteiger partial charge on any atom is 0.223 e. The fourth-order valence-corrected chi connectivity index (χ4v) is 4.83. The van der Waals surface area contributed by atoms with E-state index in [1.807, 2.05) is 0 Å². The van der Waals surface area contributed by atoms with Gasteiger partial charge in [0.05, 0.1) is 0 Å². The zero-order valence-corrected chi connectivity index (χ0v) is 17.2. The van der Waals surface area contributed by atoms with Crippen LogP contribution in [0.1, 0.15) is 45.1 Å². The quantitative estimate of drug-likeness (QED) is 0.747. The summed E-state index contributed by atoms with van der Waals surface area (Å²) in [5.74, 6) is 2.09. The van der Waals surface area contributed by atoms with Gasteiger partial charge < -0.3 is 10.2 Å². The highest BCUT2D eigenvalue weighted by Crippen LogP contribution is 2.21. The van der Waals surface area contributed by atoms with Crippen LogP contribution in [0.2, 0.25) is 0 Å². The molecule has 0 aliphatic carbocycles. The summed E-state index contributed by atoms with van der Waals surface area (Å²) in [6.45, 7) is 12.1. The second-order valence-electron chi connectivity index (χ2n) is 8.89. The first-order valence-electron chi connectivity index (χ1n) is 10.9. The summed E-state index contributed by atoms with van der Waals surface area (Å²) in [4.78, 5) is 17.5. The van der Waals surface area contributed by atoms with Gasteiger partial charge in [0.2, 0.25) is 5.91 Å². The number of nitrogens with zero attached hydrogens (tertiary/aromatic N) is 2. The zero-order chi connectivity index (χ0) is 19.1. The number of rotatable bonds is 7. The van der Waals surface area contributed by atoms with E-state index in [0.29, 0.717) is 0 Å². The van der Waals surface area contributed by atoms with Crippen molar-refractivity contribution >= 4 is 5.91 Å². The van der Waals surface area contributed by atoms with Crippen LogP contribution in [0.15, 0.2) is 30.3 Å². The van der Waals surface area contributed by atoms with Crippen LogP contribution in [0.4, 0.5) is 0 Å². The lowest BCUT2D eigenvalue weighted by Crippen LogP contribution is -2.42. The molecule has 0 unspecified atom stereocenters. The summed E-state index contributed by atoms with van der Waals surface area (Å²) in [5.41, 5.74) is 1.36. The molecule has 1 amide bonds. The highest BCUT2D eigenvalue weighted by Gasteiger charge is 2.25. The number of carbonyl (C=O) groups is 1. The van der Waals surface area contributed by atoms with Crippen LogP contribution < -0.4 is 5.32 Å². The average Bonchev–Trinajstić information content (AvgIpc) is 2.66. The van der Waals surface area contributed by atoms with Gasteiger partial charge in [-0.1, -0.05) is 44.2 Å². The van der Waals surface area contributed by atoms with E-state index < -0.39 is 0 Å². The van der Waals surface area contributed by atoms with Crippen molar-refractivity contribution in [3.8, 4) is 0 Å². The van der Waals surface area contributed by atoms with Crippen LogP contribution in [0.25, 0.3) is 0 Å². The molecular formula is C23H37N3O. The molecule has 0 spiro atoms. The number of nitrogens with one attached hydrogen (secondary N) is 1. The third-order valence-electron chi connectivity index (χ3n) is 6.10. The summed E-state index contributed by atoms with van der Waals surface area (Å²) < 4.78 is 0. The van der Waals surface area contributed by atoms with Crippen LogP contribution in [-0.2, 0) is 11.3 Å². The first-order valence-corrected chi connectivity index (χ1v) is 10.9. The van der Waals surface area contributed by atoms with Crippen LogP contribution in [-0.4, -0.2) is 55.0 Å². The average molecular weight is 372 g/mol. The predicted molar refractivity (Wildman–Crippen MR) is 111 cm³/mol. The number of carbonyl (C=O) groups excluding carboxylic acids is 1. The number of benzene rings is 1. The first kappa shape index (κ1) is 20.3. The van der Waals surface area contributed by atoms with E-state index in [4.69, 9.17) is 0 Å². The zero-order valence-electron chi connectivity index (χ0n) is 17.2. The fourth-order valence-electron chi connectivity index (χ4n) is 4.83. The Morgan fingerprint density at radius 3 is 2.37 bits per heavy atom. The van der Waals surface area contributed by atoms with Crippen LogP contribution in [0, 0.1) is 17.8 Å².